The van der Waals surface area contributed by atoms with E-state index in [0.29, 0.717) is 25.6 Å². The number of aromatic nitrogens is 4. The number of ether oxygens (including phenoxy) is 2. The molecule has 4 aromatic rings. The molecule has 1 N–H and O–H groups in total. The lowest BCUT2D eigenvalue weighted by Gasteiger charge is -2.19. The summed E-state index contributed by atoms with van der Waals surface area (Å²) >= 11 is 0. The highest BCUT2D eigenvalue weighted by Crippen LogP contribution is 2.34. The second-order valence-corrected chi connectivity index (χ2v) is 6.23. The van der Waals surface area contributed by atoms with Gasteiger partial charge in [0.2, 0.25) is 0 Å². The van der Waals surface area contributed by atoms with Crippen molar-refractivity contribution in [3.05, 3.63) is 66.6 Å². The summed E-state index contributed by atoms with van der Waals surface area (Å²) in [5.74, 6) is 2.20. The van der Waals surface area contributed by atoms with Crippen molar-refractivity contribution in [3.8, 4) is 11.5 Å². The maximum atomic E-state index is 5.65. The van der Waals surface area contributed by atoms with E-state index < -0.39 is 0 Å². The highest BCUT2D eigenvalue weighted by atomic mass is 16.6. The van der Waals surface area contributed by atoms with Crippen molar-refractivity contribution in [2.75, 3.05) is 18.5 Å². The summed E-state index contributed by atoms with van der Waals surface area (Å²) in [4.78, 5) is 8.80. The zero-order valence-electron chi connectivity index (χ0n) is 14.5. The van der Waals surface area contributed by atoms with Gasteiger partial charge in [-0.05, 0) is 17.7 Å². The van der Waals surface area contributed by atoms with E-state index >= 15 is 0 Å². The second-order valence-electron chi connectivity index (χ2n) is 6.23. The van der Waals surface area contributed by atoms with E-state index in [4.69, 9.17) is 9.47 Å². The van der Waals surface area contributed by atoms with Gasteiger partial charge in [0.25, 0.3) is 0 Å². The first-order valence-corrected chi connectivity index (χ1v) is 8.74. The molecule has 2 aromatic heterocycles. The first-order chi connectivity index (χ1) is 13.4. The van der Waals surface area contributed by atoms with Crippen LogP contribution in [-0.2, 0) is 6.54 Å². The summed E-state index contributed by atoms with van der Waals surface area (Å²) in [6, 6.07) is 15.9. The third-order valence-corrected chi connectivity index (χ3v) is 4.41. The molecule has 0 saturated heterocycles. The van der Waals surface area contributed by atoms with Crippen LogP contribution < -0.4 is 14.8 Å². The molecule has 3 heterocycles. The lowest BCUT2D eigenvalue weighted by Crippen LogP contribution is -2.15. The minimum Gasteiger partial charge on any atom is -0.486 e. The number of hydrogen-bond donors (Lipinski definition) is 1. The molecule has 0 aliphatic carbocycles. The molecular formula is C20H17N5O2. The zero-order chi connectivity index (χ0) is 18.1. The molecule has 5 rings (SSSR count). The van der Waals surface area contributed by atoms with E-state index in [-0.39, 0.29) is 0 Å². The predicted octanol–water partition coefficient (Wildman–Crippen LogP) is 3.39. The standard InChI is InChI=1S/C20H17N5O2/c1-2-4-14(5-3-1)12-25-20-16(11-23-25)19(21-13-22-20)24-15-6-7-17-18(10-15)27-9-8-26-17/h1-7,10-11,13H,8-9,12H2,(H,21,22,24). The average molecular weight is 359 g/mol. The van der Waals surface area contributed by atoms with Gasteiger partial charge in [-0.3, -0.25) is 0 Å². The van der Waals surface area contributed by atoms with E-state index in [1.165, 1.54) is 5.56 Å². The smallest absolute Gasteiger partial charge is 0.163 e. The second kappa shape index (κ2) is 6.60. The number of fused-ring (bicyclic) bond motifs is 2. The molecular weight excluding hydrogens is 342 g/mol. The molecule has 27 heavy (non-hydrogen) atoms. The van der Waals surface area contributed by atoms with Crippen LogP contribution in [0, 0.1) is 0 Å². The first-order valence-electron chi connectivity index (χ1n) is 8.74. The zero-order valence-corrected chi connectivity index (χ0v) is 14.5. The molecule has 0 atom stereocenters. The van der Waals surface area contributed by atoms with Crippen LogP contribution in [0.25, 0.3) is 11.0 Å². The molecule has 0 amide bonds. The summed E-state index contributed by atoms with van der Waals surface area (Å²) in [5, 5.41) is 8.69. The van der Waals surface area contributed by atoms with Gasteiger partial charge in [-0.25, -0.2) is 14.6 Å². The van der Waals surface area contributed by atoms with Gasteiger partial charge in [0.15, 0.2) is 17.1 Å². The molecule has 2 aromatic carbocycles. The van der Waals surface area contributed by atoms with Crippen LogP contribution in [0.1, 0.15) is 5.56 Å². The lowest BCUT2D eigenvalue weighted by atomic mass is 10.2. The van der Waals surface area contributed by atoms with E-state index in [9.17, 15) is 0 Å². The molecule has 0 fully saturated rings. The molecule has 0 radical (unpaired) electrons. The fourth-order valence-electron chi connectivity index (χ4n) is 3.12. The largest absolute Gasteiger partial charge is 0.486 e. The van der Waals surface area contributed by atoms with E-state index in [2.05, 4.69) is 32.5 Å². The summed E-state index contributed by atoms with van der Waals surface area (Å²) in [7, 11) is 0. The number of anilines is 2. The predicted molar refractivity (Wildman–Crippen MR) is 102 cm³/mol. The highest BCUT2D eigenvalue weighted by molar-refractivity contribution is 5.88. The fourth-order valence-corrected chi connectivity index (χ4v) is 3.12. The molecule has 0 saturated carbocycles. The maximum Gasteiger partial charge on any atom is 0.163 e. The third-order valence-electron chi connectivity index (χ3n) is 4.41. The Kier molecular flexibility index (Phi) is 3.82. The Balaban J connectivity index is 1.46. The van der Waals surface area contributed by atoms with Gasteiger partial charge in [-0.2, -0.15) is 5.10 Å². The molecule has 134 valence electrons. The monoisotopic (exact) mass is 359 g/mol. The Bertz CT molecular complexity index is 1090. The number of rotatable bonds is 4. The fraction of sp³-hybridized carbons (Fsp3) is 0.150. The summed E-state index contributed by atoms with van der Waals surface area (Å²) in [6.07, 6.45) is 3.34. The molecule has 0 spiro atoms. The van der Waals surface area contributed by atoms with Crippen molar-refractivity contribution >= 4 is 22.5 Å². The molecule has 0 bridgehead atoms. The van der Waals surface area contributed by atoms with Crippen molar-refractivity contribution in [3.63, 3.8) is 0 Å². The molecule has 7 heteroatoms. The minimum absolute atomic E-state index is 0.556. The Morgan fingerprint density at radius 3 is 2.70 bits per heavy atom. The van der Waals surface area contributed by atoms with Crippen LogP contribution in [-0.4, -0.2) is 33.0 Å². The van der Waals surface area contributed by atoms with Gasteiger partial charge in [0, 0.05) is 11.8 Å². The van der Waals surface area contributed by atoms with Crippen LogP contribution in [0.5, 0.6) is 11.5 Å². The van der Waals surface area contributed by atoms with E-state index in [1.807, 2.05) is 41.1 Å². The van der Waals surface area contributed by atoms with Gasteiger partial charge in [-0.1, -0.05) is 30.3 Å². The van der Waals surface area contributed by atoms with Crippen LogP contribution in [0.3, 0.4) is 0 Å². The Morgan fingerprint density at radius 2 is 1.81 bits per heavy atom. The number of benzene rings is 2. The van der Waals surface area contributed by atoms with E-state index in [1.54, 1.807) is 12.5 Å². The summed E-state index contributed by atoms with van der Waals surface area (Å²) in [6.45, 7) is 1.79. The highest BCUT2D eigenvalue weighted by Gasteiger charge is 2.14. The quantitative estimate of drug-likeness (QED) is 0.602. The molecule has 0 unspecified atom stereocenters. The van der Waals surface area contributed by atoms with Gasteiger partial charge in [-0.15, -0.1) is 0 Å². The van der Waals surface area contributed by atoms with Gasteiger partial charge >= 0.3 is 0 Å². The van der Waals surface area contributed by atoms with Crippen LogP contribution in [0.4, 0.5) is 11.5 Å². The van der Waals surface area contributed by atoms with Gasteiger partial charge < -0.3 is 14.8 Å². The Labute approximate surface area is 155 Å². The SMILES string of the molecule is c1ccc(Cn2ncc3c(Nc4ccc5c(c4)OCCO5)ncnc32)cc1. The van der Waals surface area contributed by atoms with Crippen molar-refractivity contribution in [1.29, 1.82) is 0 Å². The molecule has 1 aliphatic heterocycles. The van der Waals surface area contributed by atoms with Crippen LogP contribution in [0.2, 0.25) is 0 Å². The van der Waals surface area contributed by atoms with Gasteiger partial charge in [0.1, 0.15) is 25.4 Å². The van der Waals surface area contributed by atoms with Gasteiger partial charge in [0.05, 0.1) is 18.1 Å². The maximum absolute atomic E-state index is 5.65. The number of nitrogens with zero attached hydrogens (tertiary/aromatic N) is 4. The molecule has 1 aliphatic rings. The first kappa shape index (κ1) is 15.6. The average Bonchev–Trinajstić information content (AvgIpc) is 3.13. The summed E-state index contributed by atoms with van der Waals surface area (Å²) < 4.78 is 13.1. The Morgan fingerprint density at radius 1 is 0.963 bits per heavy atom. The van der Waals surface area contributed by atoms with Crippen molar-refractivity contribution in [1.82, 2.24) is 19.7 Å². The Hall–Kier alpha value is -3.61. The topological polar surface area (TPSA) is 74.1 Å². The normalized spacial score (nSPS) is 12.9. The van der Waals surface area contributed by atoms with Crippen molar-refractivity contribution < 1.29 is 9.47 Å². The minimum atomic E-state index is 0.556. The number of hydrogen-bond acceptors (Lipinski definition) is 6. The van der Waals surface area contributed by atoms with E-state index in [0.717, 1.165) is 28.2 Å². The van der Waals surface area contributed by atoms with Crippen molar-refractivity contribution in [2.24, 2.45) is 0 Å². The van der Waals surface area contributed by atoms with Crippen LogP contribution in [0.15, 0.2) is 61.1 Å². The lowest BCUT2D eigenvalue weighted by molar-refractivity contribution is 0.171. The summed E-state index contributed by atoms with van der Waals surface area (Å²) in [5.41, 5.74) is 2.83. The number of nitrogens with one attached hydrogen (secondary N) is 1. The third kappa shape index (κ3) is 3.03. The van der Waals surface area contributed by atoms with Crippen molar-refractivity contribution in [2.45, 2.75) is 6.54 Å². The molecule has 7 nitrogen and oxygen atoms in total. The van der Waals surface area contributed by atoms with Crippen LogP contribution >= 0.6 is 0 Å².